The van der Waals surface area contributed by atoms with Crippen LogP contribution in [0.25, 0.3) is 0 Å². The fourth-order valence-corrected chi connectivity index (χ4v) is 3.39. The lowest BCUT2D eigenvalue weighted by molar-refractivity contribution is -0.125. The van der Waals surface area contributed by atoms with Crippen LogP contribution in [-0.4, -0.2) is 30.8 Å². The molecule has 0 aliphatic heterocycles. The van der Waals surface area contributed by atoms with Crippen molar-refractivity contribution >= 4 is 23.6 Å². The van der Waals surface area contributed by atoms with Crippen LogP contribution in [-0.2, 0) is 9.53 Å². The summed E-state index contributed by atoms with van der Waals surface area (Å²) in [5, 5.41) is 2.98. The summed E-state index contributed by atoms with van der Waals surface area (Å²) in [6.45, 7) is 1.94. The maximum atomic E-state index is 12.1. The summed E-state index contributed by atoms with van der Waals surface area (Å²) in [4.78, 5) is 24.9. The van der Waals surface area contributed by atoms with Gasteiger partial charge in [0.15, 0.2) is 6.61 Å². The van der Waals surface area contributed by atoms with Gasteiger partial charge in [0.2, 0.25) is 0 Å². The molecule has 1 fully saturated rings. The van der Waals surface area contributed by atoms with Crippen LogP contribution in [0, 0.1) is 5.92 Å². The van der Waals surface area contributed by atoms with Crippen molar-refractivity contribution < 1.29 is 14.3 Å². The Morgan fingerprint density at radius 2 is 2.00 bits per heavy atom. The molecular weight excluding hydrogens is 298 g/mol. The van der Waals surface area contributed by atoms with E-state index in [9.17, 15) is 9.59 Å². The van der Waals surface area contributed by atoms with Crippen molar-refractivity contribution in [1.82, 2.24) is 5.32 Å². The fourth-order valence-electron chi connectivity index (χ4n) is 2.80. The van der Waals surface area contributed by atoms with Crippen LogP contribution in [0.3, 0.4) is 0 Å². The van der Waals surface area contributed by atoms with Crippen LogP contribution in [0.15, 0.2) is 29.2 Å². The lowest BCUT2D eigenvalue weighted by atomic mass is 9.86. The van der Waals surface area contributed by atoms with Gasteiger partial charge < -0.3 is 10.1 Å². The van der Waals surface area contributed by atoms with Crippen molar-refractivity contribution in [2.24, 2.45) is 5.92 Å². The Labute approximate surface area is 136 Å². The van der Waals surface area contributed by atoms with Gasteiger partial charge in [-0.15, -0.1) is 11.8 Å². The van der Waals surface area contributed by atoms with Gasteiger partial charge >= 0.3 is 5.97 Å². The van der Waals surface area contributed by atoms with E-state index < -0.39 is 5.97 Å². The van der Waals surface area contributed by atoms with Crippen LogP contribution in [0.5, 0.6) is 0 Å². The average Bonchev–Trinajstić information content (AvgIpc) is 2.54. The molecule has 0 heterocycles. The molecule has 1 N–H and O–H groups in total. The Bertz CT molecular complexity index is 532. The summed E-state index contributed by atoms with van der Waals surface area (Å²) in [5.74, 6) is -0.170. The molecule has 22 heavy (non-hydrogen) atoms. The second-order valence-electron chi connectivity index (χ2n) is 5.71. The molecule has 1 saturated carbocycles. The quantitative estimate of drug-likeness (QED) is 0.668. The molecule has 1 aromatic rings. The van der Waals surface area contributed by atoms with E-state index in [1.807, 2.05) is 18.4 Å². The maximum absolute atomic E-state index is 12.1. The fraction of sp³-hybridized carbons (Fsp3) is 0.529. The maximum Gasteiger partial charge on any atom is 0.339 e. The number of ether oxygens (including phenoxy) is 1. The third-order valence-electron chi connectivity index (χ3n) is 4.12. The van der Waals surface area contributed by atoms with E-state index in [2.05, 4.69) is 12.2 Å². The summed E-state index contributed by atoms with van der Waals surface area (Å²) < 4.78 is 5.14. The van der Waals surface area contributed by atoms with Gasteiger partial charge in [-0.3, -0.25) is 4.79 Å². The summed E-state index contributed by atoms with van der Waals surface area (Å²) >= 11 is 1.49. The van der Waals surface area contributed by atoms with Crippen LogP contribution < -0.4 is 5.32 Å². The van der Waals surface area contributed by atoms with Crippen molar-refractivity contribution in [2.75, 3.05) is 12.9 Å². The first-order valence-electron chi connectivity index (χ1n) is 7.71. The van der Waals surface area contributed by atoms with Gasteiger partial charge in [-0.1, -0.05) is 31.9 Å². The summed E-state index contributed by atoms with van der Waals surface area (Å²) in [6.07, 6.45) is 6.44. The van der Waals surface area contributed by atoms with Crippen molar-refractivity contribution in [3.05, 3.63) is 29.8 Å². The highest BCUT2D eigenvalue weighted by molar-refractivity contribution is 7.98. The first-order chi connectivity index (χ1) is 10.6. The topological polar surface area (TPSA) is 55.4 Å². The molecule has 5 heteroatoms. The van der Waals surface area contributed by atoms with E-state index in [1.165, 1.54) is 18.2 Å². The highest BCUT2D eigenvalue weighted by atomic mass is 32.2. The molecular formula is C17H23NO3S. The minimum atomic E-state index is -0.447. The molecule has 4 nitrogen and oxygen atoms in total. The third-order valence-corrected chi connectivity index (χ3v) is 4.91. The van der Waals surface area contributed by atoms with Crippen LogP contribution >= 0.6 is 11.8 Å². The molecule has 120 valence electrons. The number of benzene rings is 1. The Balaban J connectivity index is 1.84. The minimum absolute atomic E-state index is 0.207. The molecule has 0 radical (unpaired) electrons. The van der Waals surface area contributed by atoms with Gasteiger partial charge in [0.05, 0.1) is 5.56 Å². The monoisotopic (exact) mass is 321 g/mol. The summed E-state index contributed by atoms with van der Waals surface area (Å²) in [5.41, 5.74) is 0.508. The zero-order valence-corrected chi connectivity index (χ0v) is 13.9. The summed E-state index contributed by atoms with van der Waals surface area (Å²) in [6, 6.07) is 7.46. The zero-order chi connectivity index (χ0) is 15.9. The number of amides is 1. The van der Waals surface area contributed by atoms with Gasteiger partial charge in [-0.25, -0.2) is 4.79 Å². The molecule has 0 bridgehead atoms. The lowest BCUT2D eigenvalue weighted by Gasteiger charge is -2.29. The number of esters is 1. The SMILES string of the molecule is CSc1ccccc1C(=O)OCC(=O)N[C@H]1CCCC[C@@H]1C. The second-order valence-corrected chi connectivity index (χ2v) is 6.56. The largest absolute Gasteiger partial charge is 0.452 e. The van der Waals surface area contributed by atoms with Crippen LogP contribution in [0.4, 0.5) is 0 Å². The highest BCUT2D eigenvalue weighted by Crippen LogP contribution is 2.23. The van der Waals surface area contributed by atoms with Crippen molar-refractivity contribution in [3.8, 4) is 0 Å². The number of hydrogen-bond acceptors (Lipinski definition) is 4. The predicted octanol–water partition coefficient (Wildman–Crippen LogP) is 3.26. The van der Waals surface area contributed by atoms with Gasteiger partial charge in [0.1, 0.15) is 0 Å². The van der Waals surface area contributed by atoms with E-state index in [1.54, 1.807) is 12.1 Å². The van der Waals surface area contributed by atoms with Gasteiger partial charge in [-0.2, -0.15) is 0 Å². The van der Waals surface area contributed by atoms with Crippen LogP contribution in [0.1, 0.15) is 43.0 Å². The van der Waals surface area contributed by atoms with Gasteiger partial charge in [0, 0.05) is 10.9 Å². The molecule has 2 rings (SSSR count). The first-order valence-corrected chi connectivity index (χ1v) is 8.93. The van der Waals surface area contributed by atoms with E-state index in [4.69, 9.17) is 4.74 Å². The highest BCUT2D eigenvalue weighted by Gasteiger charge is 2.23. The van der Waals surface area contributed by atoms with Gasteiger partial charge in [-0.05, 0) is 37.1 Å². The Morgan fingerprint density at radius 1 is 1.27 bits per heavy atom. The average molecular weight is 321 g/mol. The van der Waals surface area contributed by atoms with E-state index in [0.717, 1.165) is 24.2 Å². The predicted molar refractivity (Wildman–Crippen MR) is 88.1 cm³/mol. The molecule has 0 unspecified atom stereocenters. The molecule has 1 aromatic carbocycles. The molecule has 2 atom stereocenters. The molecule has 1 aliphatic carbocycles. The van der Waals surface area contributed by atoms with E-state index >= 15 is 0 Å². The minimum Gasteiger partial charge on any atom is -0.452 e. The molecule has 1 aliphatic rings. The lowest BCUT2D eigenvalue weighted by Crippen LogP contribution is -2.42. The standard InChI is InChI=1S/C17H23NO3S/c1-12-7-3-5-9-14(12)18-16(19)11-21-17(20)13-8-4-6-10-15(13)22-2/h4,6,8,10,12,14H,3,5,7,9,11H2,1-2H3,(H,18,19)/t12-,14-/m0/s1. The molecule has 1 amide bonds. The van der Waals surface area contributed by atoms with Crippen molar-refractivity contribution in [1.29, 1.82) is 0 Å². The number of rotatable bonds is 5. The number of thioether (sulfide) groups is 1. The second kappa shape index (κ2) is 8.22. The normalized spacial score (nSPS) is 21.2. The van der Waals surface area contributed by atoms with Crippen LogP contribution in [0.2, 0.25) is 0 Å². The Hall–Kier alpha value is -1.49. The summed E-state index contributed by atoms with van der Waals surface area (Å²) in [7, 11) is 0. The Morgan fingerprint density at radius 3 is 2.73 bits per heavy atom. The molecule has 0 aromatic heterocycles. The van der Waals surface area contributed by atoms with Gasteiger partial charge in [0.25, 0.3) is 5.91 Å². The number of nitrogens with one attached hydrogen (secondary N) is 1. The van der Waals surface area contributed by atoms with Crippen molar-refractivity contribution in [2.45, 2.75) is 43.5 Å². The first kappa shape index (κ1) is 16.9. The smallest absolute Gasteiger partial charge is 0.339 e. The van der Waals surface area contributed by atoms with E-state index in [0.29, 0.717) is 11.5 Å². The Kier molecular flexibility index (Phi) is 6.31. The zero-order valence-electron chi connectivity index (χ0n) is 13.1. The molecule has 0 spiro atoms. The number of hydrogen-bond donors (Lipinski definition) is 1. The number of carbonyl (C=O) groups is 2. The van der Waals surface area contributed by atoms with E-state index in [-0.39, 0.29) is 18.6 Å². The number of carbonyl (C=O) groups excluding carboxylic acids is 2. The molecule has 0 saturated heterocycles. The van der Waals surface area contributed by atoms with Crippen molar-refractivity contribution in [3.63, 3.8) is 0 Å². The third kappa shape index (κ3) is 4.50.